The molecule has 0 aliphatic heterocycles. The molecule has 22 heavy (non-hydrogen) atoms. The van der Waals surface area contributed by atoms with Gasteiger partial charge in [0.15, 0.2) is 0 Å². The topological polar surface area (TPSA) is 76.1 Å². The number of hydrogen-bond donors (Lipinski definition) is 1. The minimum atomic E-state index is -3.12. The van der Waals surface area contributed by atoms with E-state index in [1.165, 1.54) is 0 Å². The fraction of sp³-hybridized carbons (Fsp3) is 0.333. The second kappa shape index (κ2) is 6.58. The third kappa shape index (κ3) is 4.64. The summed E-state index contributed by atoms with van der Waals surface area (Å²) < 4.78 is 22.5. The Labute approximate surface area is 134 Å². The molecule has 1 unspecified atom stereocenters. The fourth-order valence-electron chi connectivity index (χ4n) is 2.12. The van der Waals surface area contributed by atoms with E-state index in [9.17, 15) is 13.2 Å². The average Bonchev–Trinajstić information content (AvgIpc) is 2.83. The zero-order valence-electron chi connectivity index (χ0n) is 12.7. The molecule has 7 heteroatoms. The number of thiazole rings is 1. The van der Waals surface area contributed by atoms with Gasteiger partial charge < -0.3 is 5.32 Å². The molecule has 1 N–H and O–H groups in total. The first-order valence-corrected chi connectivity index (χ1v) is 9.70. The number of aryl methyl sites for hydroxylation is 1. The molecule has 2 aromatic rings. The Balaban J connectivity index is 2.14. The van der Waals surface area contributed by atoms with Gasteiger partial charge in [-0.3, -0.25) is 4.79 Å². The van der Waals surface area contributed by atoms with Gasteiger partial charge >= 0.3 is 0 Å². The van der Waals surface area contributed by atoms with Crippen molar-refractivity contribution in [2.24, 2.45) is 0 Å². The van der Waals surface area contributed by atoms with Crippen LogP contribution in [-0.4, -0.2) is 37.4 Å². The van der Waals surface area contributed by atoms with Crippen LogP contribution in [0.5, 0.6) is 0 Å². The van der Waals surface area contributed by atoms with Gasteiger partial charge in [0.25, 0.3) is 5.91 Å². The summed E-state index contributed by atoms with van der Waals surface area (Å²) in [5.41, 5.74) is 2.19. The summed E-state index contributed by atoms with van der Waals surface area (Å²) >= 11 is 1.55. The third-order valence-electron chi connectivity index (χ3n) is 2.97. The molecule has 0 aliphatic carbocycles. The second-order valence-electron chi connectivity index (χ2n) is 5.30. The molecule has 5 nitrogen and oxygen atoms in total. The van der Waals surface area contributed by atoms with E-state index >= 15 is 0 Å². The van der Waals surface area contributed by atoms with E-state index in [2.05, 4.69) is 10.3 Å². The van der Waals surface area contributed by atoms with Crippen molar-refractivity contribution in [2.75, 3.05) is 12.0 Å². The molecule has 2 rings (SSSR count). The standard InChI is InChI=1S/C15H18N2O3S2/c1-10(9-22(3,19)20)16-15(18)13-6-4-5-12(7-13)14-8-21-11(2)17-14/h4-8,10H,9H2,1-3H3,(H,16,18). The van der Waals surface area contributed by atoms with Crippen LogP contribution in [0.4, 0.5) is 0 Å². The Bertz CT molecular complexity index is 782. The lowest BCUT2D eigenvalue weighted by atomic mass is 10.1. The van der Waals surface area contributed by atoms with Crippen molar-refractivity contribution in [3.8, 4) is 11.3 Å². The molecule has 1 atom stereocenters. The highest BCUT2D eigenvalue weighted by Crippen LogP contribution is 2.22. The summed E-state index contributed by atoms with van der Waals surface area (Å²) in [5, 5.41) is 5.61. The van der Waals surface area contributed by atoms with Crippen LogP contribution in [0, 0.1) is 6.92 Å². The summed E-state index contributed by atoms with van der Waals surface area (Å²) in [4.78, 5) is 16.6. The van der Waals surface area contributed by atoms with Gasteiger partial charge in [-0.15, -0.1) is 11.3 Å². The predicted octanol–water partition coefficient (Wildman–Crippen LogP) is 2.28. The van der Waals surface area contributed by atoms with Crippen molar-refractivity contribution in [3.05, 3.63) is 40.2 Å². The van der Waals surface area contributed by atoms with Crippen molar-refractivity contribution in [2.45, 2.75) is 19.9 Å². The van der Waals surface area contributed by atoms with Gasteiger partial charge in [0.05, 0.1) is 16.5 Å². The zero-order chi connectivity index (χ0) is 16.3. The van der Waals surface area contributed by atoms with Crippen molar-refractivity contribution >= 4 is 27.1 Å². The number of aromatic nitrogens is 1. The Morgan fingerprint density at radius 3 is 2.73 bits per heavy atom. The van der Waals surface area contributed by atoms with Gasteiger partial charge in [-0.25, -0.2) is 13.4 Å². The first kappa shape index (κ1) is 16.6. The summed E-state index contributed by atoms with van der Waals surface area (Å²) in [5.74, 6) is -0.367. The molecule has 0 saturated heterocycles. The van der Waals surface area contributed by atoms with Crippen molar-refractivity contribution < 1.29 is 13.2 Å². The molecule has 0 radical (unpaired) electrons. The highest BCUT2D eigenvalue weighted by molar-refractivity contribution is 7.90. The van der Waals surface area contributed by atoms with Crippen LogP contribution in [0.25, 0.3) is 11.3 Å². The van der Waals surface area contributed by atoms with E-state index in [1.807, 2.05) is 18.4 Å². The Morgan fingerprint density at radius 2 is 2.14 bits per heavy atom. The SMILES string of the molecule is Cc1nc(-c2cccc(C(=O)NC(C)CS(C)(=O)=O)c2)cs1. The van der Waals surface area contributed by atoms with Gasteiger partial charge in [-0.1, -0.05) is 12.1 Å². The lowest BCUT2D eigenvalue weighted by Gasteiger charge is -2.13. The monoisotopic (exact) mass is 338 g/mol. The minimum absolute atomic E-state index is 0.0797. The number of nitrogens with one attached hydrogen (secondary N) is 1. The second-order valence-corrected chi connectivity index (χ2v) is 8.55. The molecule has 1 aromatic carbocycles. The summed E-state index contributed by atoms with van der Waals surface area (Å²) in [6.45, 7) is 3.60. The number of rotatable bonds is 5. The van der Waals surface area contributed by atoms with Crippen LogP contribution < -0.4 is 5.32 Å². The van der Waals surface area contributed by atoms with Crippen molar-refractivity contribution in [3.63, 3.8) is 0 Å². The lowest BCUT2D eigenvalue weighted by Crippen LogP contribution is -2.37. The highest BCUT2D eigenvalue weighted by atomic mass is 32.2. The summed E-state index contributed by atoms with van der Waals surface area (Å²) in [6, 6.07) is 6.71. The first-order valence-electron chi connectivity index (χ1n) is 6.76. The van der Waals surface area contributed by atoms with Crippen molar-refractivity contribution in [1.82, 2.24) is 10.3 Å². The smallest absolute Gasteiger partial charge is 0.251 e. The number of carbonyl (C=O) groups is 1. The fourth-order valence-corrected chi connectivity index (χ4v) is 3.73. The number of hydrogen-bond acceptors (Lipinski definition) is 5. The zero-order valence-corrected chi connectivity index (χ0v) is 14.3. The molecule has 118 valence electrons. The molecular weight excluding hydrogens is 320 g/mol. The molecule has 1 heterocycles. The van der Waals surface area contributed by atoms with Crippen LogP contribution in [0.15, 0.2) is 29.6 Å². The van der Waals surface area contributed by atoms with Crippen molar-refractivity contribution in [1.29, 1.82) is 0 Å². The Morgan fingerprint density at radius 1 is 1.41 bits per heavy atom. The summed E-state index contributed by atoms with van der Waals surface area (Å²) in [6.07, 6.45) is 1.15. The van der Waals surface area contributed by atoms with E-state index in [4.69, 9.17) is 0 Å². The maximum absolute atomic E-state index is 12.2. The molecule has 0 bridgehead atoms. The van der Waals surface area contributed by atoms with Crippen LogP contribution in [-0.2, 0) is 9.84 Å². The van der Waals surface area contributed by atoms with Gasteiger partial charge in [-0.05, 0) is 26.0 Å². The van der Waals surface area contributed by atoms with E-state index in [0.29, 0.717) is 5.56 Å². The molecule has 0 aliphatic rings. The maximum atomic E-state index is 12.2. The van der Waals surface area contributed by atoms with E-state index < -0.39 is 15.9 Å². The highest BCUT2D eigenvalue weighted by Gasteiger charge is 2.15. The number of amides is 1. The number of nitrogens with zero attached hydrogens (tertiary/aromatic N) is 1. The van der Waals surface area contributed by atoms with Crippen LogP contribution in [0.2, 0.25) is 0 Å². The molecule has 0 saturated carbocycles. The largest absolute Gasteiger partial charge is 0.349 e. The lowest BCUT2D eigenvalue weighted by molar-refractivity contribution is 0.0943. The van der Waals surface area contributed by atoms with Crippen LogP contribution >= 0.6 is 11.3 Å². The number of carbonyl (C=O) groups excluding carboxylic acids is 1. The Kier molecular flexibility index (Phi) is 4.97. The summed E-state index contributed by atoms with van der Waals surface area (Å²) in [7, 11) is -3.12. The van der Waals surface area contributed by atoms with Crippen LogP contribution in [0.1, 0.15) is 22.3 Å². The quantitative estimate of drug-likeness (QED) is 0.907. The third-order valence-corrected chi connectivity index (χ3v) is 4.85. The van der Waals surface area contributed by atoms with Gasteiger partial charge in [0, 0.05) is 28.8 Å². The maximum Gasteiger partial charge on any atom is 0.251 e. The number of sulfone groups is 1. The normalized spacial score (nSPS) is 12.9. The van der Waals surface area contributed by atoms with Gasteiger partial charge in [0.2, 0.25) is 0 Å². The Hall–Kier alpha value is -1.73. The van der Waals surface area contributed by atoms with E-state index in [1.54, 1.807) is 36.5 Å². The first-order chi connectivity index (χ1) is 10.2. The molecular formula is C15H18N2O3S2. The molecule has 0 fully saturated rings. The molecule has 1 amide bonds. The molecule has 1 aromatic heterocycles. The van der Waals surface area contributed by atoms with Gasteiger partial charge in [-0.2, -0.15) is 0 Å². The molecule has 0 spiro atoms. The van der Waals surface area contributed by atoms with Gasteiger partial charge in [0.1, 0.15) is 9.84 Å². The average molecular weight is 338 g/mol. The predicted molar refractivity (Wildman–Crippen MR) is 88.9 cm³/mol. The minimum Gasteiger partial charge on any atom is -0.349 e. The van der Waals surface area contributed by atoms with E-state index in [-0.39, 0.29) is 11.7 Å². The van der Waals surface area contributed by atoms with E-state index in [0.717, 1.165) is 22.5 Å². The number of benzene rings is 1. The van der Waals surface area contributed by atoms with Crippen LogP contribution in [0.3, 0.4) is 0 Å².